The lowest BCUT2D eigenvalue weighted by atomic mass is 10.1. The molecule has 17 heavy (non-hydrogen) atoms. The highest BCUT2D eigenvalue weighted by Crippen LogP contribution is 2.33. The van der Waals surface area contributed by atoms with Crippen LogP contribution in [0.2, 0.25) is 0 Å². The SMILES string of the molecule is CCC(C)CNc1ccc(C)c(C(F)(F)F)c1. The van der Waals surface area contributed by atoms with Gasteiger partial charge in [-0.05, 0) is 30.5 Å². The van der Waals surface area contributed by atoms with E-state index in [0.717, 1.165) is 6.42 Å². The third kappa shape index (κ3) is 3.95. The molecule has 0 saturated heterocycles. The van der Waals surface area contributed by atoms with Gasteiger partial charge in [0.2, 0.25) is 0 Å². The van der Waals surface area contributed by atoms with Crippen LogP contribution in [0.5, 0.6) is 0 Å². The molecule has 0 radical (unpaired) electrons. The number of anilines is 1. The molecule has 1 aromatic rings. The first kappa shape index (κ1) is 13.9. The molecule has 1 unspecified atom stereocenters. The normalized spacial score (nSPS) is 13.5. The number of hydrogen-bond donors (Lipinski definition) is 1. The Bertz CT molecular complexity index is 371. The molecular weight excluding hydrogens is 227 g/mol. The fraction of sp³-hybridized carbons (Fsp3) is 0.538. The molecule has 1 nitrogen and oxygen atoms in total. The Morgan fingerprint density at radius 2 is 1.94 bits per heavy atom. The molecule has 0 fully saturated rings. The molecule has 4 heteroatoms. The second kappa shape index (κ2) is 5.43. The van der Waals surface area contributed by atoms with Crippen LogP contribution in [-0.2, 0) is 6.18 Å². The summed E-state index contributed by atoms with van der Waals surface area (Å²) in [6, 6.07) is 4.37. The number of nitrogens with one attached hydrogen (secondary N) is 1. The molecule has 1 rings (SSSR count). The van der Waals surface area contributed by atoms with E-state index in [1.54, 1.807) is 6.07 Å². The fourth-order valence-corrected chi connectivity index (χ4v) is 1.47. The van der Waals surface area contributed by atoms with Gasteiger partial charge in [0.1, 0.15) is 0 Å². The molecule has 0 amide bonds. The lowest BCUT2D eigenvalue weighted by molar-refractivity contribution is -0.138. The highest BCUT2D eigenvalue weighted by molar-refractivity contribution is 5.49. The van der Waals surface area contributed by atoms with Crippen LogP contribution < -0.4 is 5.32 Å². The molecule has 0 saturated carbocycles. The van der Waals surface area contributed by atoms with Crippen molar-refractivity contribution in [3.05, 3.63) is 29.3 Å². The molecule has 1 atom stereocenters. The monoisotopic (exact) mass is 245 g/mol. The van der Waals surface area contributed by atoms with Crippen molar-refractivity contribution < 1.29 is 13.2 Å². The lowest BCUT2D eigenvalue weighted by Crippen LogP contribution is -2.12. The number of benzene rings is 1. The van der Waals surface area contributed by atoms with Gasteiger partial charge in [-0.15, -0.1) is 0 Å². The minimum absolute atomic E-state index is 0.256. The van der Waals surface area contributed by atoms with Crippen molar-refractivity contribution in [3.63, 3.8) is 0 Å². The fourth-order valence-electron chi connectivity index (χ4n) is 1.47. The predicted molar refractivity (Wildman–Crippen MR) is 64.1 cm³/mol. The van der Waals surface area contributed by atoms with Gasteiger partial charge in [-0.2, -0.15) is 13.2 Å². The minimum Gasteiger partial charge on any atom is -0.385 e. The van der Waals surface area contributed by atoms with Crippen molar-refractivity contribution in [1.29, 1.82) is 0 Å². The molecule has 0 aromatic heterocycles. The van der Waals surface area contributed by atoms with E-state index in [1.165, 1.54) is 19.1 Å². The summed E-state index contributed by atoms with van der Waals surface area (Å²) in [5.41, 5.74) is 0.224. The first-order chi connectivity index (χ1) is 7.84. The summed E-state index contributed by atoms with van der Waals surface area (Å²) < 4.78 is 38.0. The van der Waals surface area contributed by atoms with E-state index in [9.17, 15) is 13.2 Å². The molecule has 1 aromatic carbocycles. The van der Waals surface area contributed by atoms with E-state index in [1.807, 2.05) is 0 Å². The van der Waals surface area contributed by atoms with Crippen molar-refractivity contribution >= 4 is 5.69 Å². The number of rotatable bonds is 4. The topological polar surface area (TPSA) is 12.0 Å². The summed E-state index contributed by atoms with van der Waals surface area (Å²) in [7, 11) is 0. The van der Waals surface area contributed by atoms with E-state index in [-0.39, 0.29) is 5.56 Å². The van der Waals surface area contributed by atoms with Crippen LogP contribution in [0.25, 0.3) is 0 Å². The average Bonchev–Trinajstić information content (AvgIpc) is 2.26. The predicted octanol–water partition coefficient (Wildman–Crippen LogP) is 4.47. The van der Waals surface area contributed by atoms with Gasteiger partial charge in [-0.25, -0.2) is 0 Å². The molecule has 0 aliphatic carbocycles. The van der Waals surface area contributed by atoms with Gasteiger partial charge in [0, 0.05) is 12.2 Å². The van der Waals surface area contributed by atoms with E-state index >= 15 is 0 Å². The van der Waals surface area contributed by atoms with Crippen molar-refractivity contribution in [1.82, 2.24) is 0 Å². The summed E-state index contributed by atoms with van der Waals surface area (Å²) in [4.78, 5) is 0. The van der Waals surface area contributed by atoms with E-state index in [0.29, 0.717) is 18.2 Å². The average molecular weight is 245 g/mol. The Morgan fingerprint density at radius 1 is 1.29 bits per heavy atom. The number of alkyl halides is 3. The second-order valence-electron chi connectivity index (χ2n) is 4.42. The van der Waals surface area contributed by atoms with E-state index < -0.39 is 11.7 Å². The Hall–Kier alpha value is -1.19. The van der Waals surface area contributed by atoms with E-state index in [4.69, 9.17) is 0 Å². The molecule has 0 aliphatic rings. The third-order valence-electron chi connectivity index (χ3n) is 2.89. The van der Waals surface area contributed by atoms with Gasteiger partial charge in [-0.3, -0.25) is 0 Å². The number of halogens is 3. The summed E-state index contributed by atoms with van der Waals surface area (Å²) in [5, 5.41) is 3.04. The van der Waals surface area contributed by atoms with Crippen LogP contribution >= 0.6 is 0 Å². The van der Waals surface area contributed by atoms with Crippen molar-refractivity contribution in [2.75, 3.05) is 11.9 Å². The quantitative estimate of drug-likeness (QED) is 0.825. The zero-order valence-corrected chi connectivity index (χ0v) is 10.4. The minimum atomic E-state index is -4.28. The van der Waals surface area contributed by atoms with E-state index in [2.05, 4.69) is 19.2 Å². The Labute approximate surface area is 100 Å². The molecule has 96 valence electrons. The molecule has 0 bridgehead atoms. The molecular formula is C13H18F3N. The molecule has 0 aliphatic heterocycles. The van der Waals surface area contributed by atoms with Gasteiger partial charge in [-0.1, -0.05) is 26.3 Å². The first-order valence-electron chi connectivity index (χ1n) is 5.76. The van der Waals surface area contributed by atoms with Crippen LogP contribution in [-0.4, -0.2) is 6.54 Å². The van der Waals surface area contributed by atoms with Crippen LogP contribution in [0, 0.1) is 12.8 Å². The highest BCUT2D eigenvalue weighted by atomic mass is 19.4. The third-order valence-corrected chi connectivity index (χ3v) is 2.89. The van der Waals surface area contributed by atoms with Gasteiger partial charge < -0.3 is 5.32 Å². The largest absolute Gasteiger partial charge is 0.416 e. The van der Waals surface area contributed by atoms with Crippen LogP contribution in [0.3, 0.4) is 0 Å². The second-order valence-corrected chi connectivity index (χ2v) is 4.42. The smallest absolute Gasteiger partial charge is 0.385 e. The van der Waals surface area contributed by atoms with Crippen LogP contribution in [0.4, 0.5) is 18.9 Å². The van der Waals surface area contributed by atoms with Crippen LogP contribution in [0.15, 0.2) is 18.2 Å². The zero-order chi connectivity index (χ0) is 13.1. The Morgan fingerprint density at radius 3 is 2.47 bits per heavy atom. The maximum atomic E-state index is 12.7. The van der Waals surface area contributed by atoms with Gasteiger partial charge in [0.05, 0.1) is 5.56 Å². The number of aryl methyl sites for hydroxylation is 1. The maximum Gasteiger partial charge on any atom is 0.416 e. The molecule has 0 heterocycles. The summed E-state index contributed by atoms with van der Waals surface area (Å²) >= 11 is 0. The summed E-state index contributed by atoms with van der Waals surface area (Å²) in [5.74, 6) is 0.450. The van der Waals surface area contributed by atoms with Crippen molar-refractivity contribution in [3.8, 4) is 0 Å². The van der Waals surface area contributed by atoms with Gasteiger partial charge >= 0.3 is 6.18 Å². The van der Waals surface area contributed by atoms with Gasteiger partial charge in [0.15, 0.2) is 0 Å². The zero-order valence-electron chi connectivity index (χ0n) is 10.4. The summed E-state index contributed by atoms with van der Waals surface area (Å²) in [6.07, 6.45) is -3.27. The maximum absolute atomic E-state index is 12.7. The first-order valence-corrected chi connectivity index (χ1v) is 5.76. The number of hydrogen-bond acceptors (Lipinski definition) is 1. The standard InChI is InChI=1S/C13H18F3N/c1-4-9(2)8-17-11-6-5-10(3)12(7-11)13(14,15)16/h5-7,9,17H,4,8H2,1-3H3. The lowest BCUT2D eigenvalue weighted by Gasteiger charge is -2.15. The summed E-state index contributed by atoms with van der Waals surface area (Å²) in [6.45, 7) is 6.28. The van der Waals surface area contributed by atoms with Gasteiger partial charge in [0.25, 0.3) is 0 Å². The Balaban J connectivity index is 2.82. The molecule has 1 N–H and O–H groups in total. The molecule has 0 spiro atoms. The Kier molecular flexibility index (Phi) is 4.43. The van der Waals surface area contributed by atoms with Crippen molar-refractivity contribution in [2.45, 2.75) is 33.4 Å². The van der Waals surface area contributed by atoms with Crippen LogP contribution in [0.1, 0.15) is 31.4 Å². The van der Waals surface area contributed by atoms with Crippen molar-refractivity contribution in [2.24, 2.45) is 5.92 Å². The highest BCUT2D eigenvalue weighted by Gasteiger charge is 2.32.